The van der Waals surface area contributed by atoms with Gasteiger partial charge in [0.25, 0.3) is 0 Å². The molecule has 2 aromatic rings. The number of rotatable bonds is 5. The molecular weight excluding hydrogens is 364 g/mol. The minimum Gasteiger partial charge on any atom is -0.444 e. The van der Waals surface area contributed by atoms with Crippen LogP contribution in [0.2, 0.25) is 5.02 Å². The summed E-state index contributed by atoms with van der Waals surface area (Å²) >= 11 is 6.17. The Morgan fingerprint density at radius 1 is 1.11 bits per heavy atom. The van der Waals surface area contributed by atoms with E-state index in [2.05, 4.69) is 10.6 Å². The lowest BCUT2D eigenvalue weighted by Gasteiger charge is -2.19. The standard InChI is InChI=1S/C21H25ClN2O3/c1-14(17-10-5-6-11-18(17)22)23-19(25)13-15-8-7-9-16(12-15)24-20(26)27-21(2,3)4/h5-12,14H,13H2,1-4H3,(H,23,25)(H,24,26). The van der Waals surface area contributed by atoms with Crippen molar-refractivity contribution in [3.63, 3.8) is 0 Å². The molecule has 2 amide bonds. The van der Waals surface area contributed by atoms with Gasteiger partial charge in [0.2, 0.25) is 5.91 Å². The summed E-state index contributed by atoms with van der Waals surface area (Å²) < 4.78 is 5.23. The van der Waals surface area contributed by atoms with Crippen molar-refractivity contribution < 1.29 is 14.3 Å². The van der Waals surface area contributed by atoms with Crippen LogP contribution in [0.3, 0.4) is 0 Å². The second kappa shape index (κ2) is 8.91. The number of carbonyl (C=O) groups excluding carboxylic acids is 2. The Labute approximate surface area is 165 Å². The van der Waals surface area contributed by atoms with Gasteiger partial charge >= 0.3 is 6.09 Å². The summed E-state index contributed by atoms with van der Waals surface area (Å²) in [6.07, 6.45) is -0.338. The molecule has 0 heterocycles. The second-order valence-corrected chi connectivity index (χ2v) is 7.72. The van der Waals surface area contributed by atoms with Gasteiger partial charge in [-0.3, -0.25) is 10.1 Å². The van der Waals surface area contributed by atoms with E-state index in [0.29, 0.717) is 10.7 Å². The van der Waals surface area contributed by atoms with E-state index in [1.807, 2.05) is 31.2 Å². The van der Waals surface area contributed by atoms with Crippen molar-refractivity contribution in [2.45, 2.75) is 45.8 Å². The molecule has 0 aliphatic rings. The van der Waals surface area contributed by atoms with E-state index in [1.165, 1.54) is 0 Å². The van der Waals surface area contributed by atoms with Gasteiger partial charge in [0.05, 0.1) is 12.5 Å². The molecule has 2 N–H and O–H groups in total. The summed E-state index contributed by atoms with van der Waals surface area (Å²) in [4.78, 5) is 24.2. The summed E-state index contributed by atoms with van der Waals surface area (Å²) in [5, 5.41) is 6.24. The van der Waals surface area contributed by atoms with Crippen molar-refractivity contribution in [3.05, 3.63) is 64.7 Å². The first-order valence-corrected chi connectivity index (χ1v) is 9.14. The first-order chi connectivity index (χ1) is 12.6. The third-order valence-electron chi connectivity index (χ3n) is 3.69. The highest BCUT2D eigenvalue weighted by atomic mass is 35.5. The van der Waals surface area contributed by atoms with Gasteiger partial charge in [-0.25, -0.2) is 4.79 Å². The zero-order valence-electron chi connectivity index (χ0n) is 16.0. The number of hydrogen-bond donors (Lipinski definition) is 2. The quantitative estimate of drug-likeness (QED) is 0.748. The zero-order chi connectivity index (χ0) is 20.0. The molecule has 0 radical (unpaired) electrons. The molecule has 0 fully saturated rings. The molecular formula is C21H25ClN2O3. The largest absolute Gasteiger partial charge is 0.444 e. The molecule has 0 aliphatic carbocycles. The van der Waals surface area contributed by atoms with Gasteiger partial charge in [-0.2, -0.15) is 0 Å². The van der Waals surface area contributed by atoms with Gasteiger partial charge in [0.1, 0.15) is 5.60 Å². The van der Waals surface area contributed by atoms with E-state index >= 15 is 0 Å². The van der Waals surface area contributed by atoms with Crippen LogP contribution < -0.4 is 10.6 Å². The van der Waals surface area contributed by atoms with Crippen LogP contribution in [-0.4, -0.2) is 17.6 Å². The van der Waals surface area contributed by atoms with E-state index < -0.39 is 11.7 Å². The average Bonchev–Trinajstić information content (AvgIpc) is 2.53. The number of ether oxygens (including phenoxy) is 1. The lowest BCUT2D eigenvalue weighted by Crippen LogP contribution is -2.28. The molecule has 0 bridgehead atoms. The summed E-state index contributed by atoms with van der Waals surface area (Å²) in [6, 6.07) is 14.3. The van der Waals surface area contributed by atoms with Crippen molar-refractivity contribution in [1.29, 1.82) is 0 Å². The van der Waals surface area contributed by atoms with Gasteiger partial charge in [0, 0.05) is 10.7 Å². The molecule has 0 saturated carbocycles. The number of benzene rings is 2. The van der Waals surface area contributed by atoms with E-state index in [0.717, 1.165) is 11.1 Å². The molecule has 0 spiro atoms. The Kier molecular flexibility index (Phi) is 6.86. The Bertz CT molecular complexity index is 815. The van der Waals surface area contributed by atoms with Crippen molar-refractivity contribution in [2.24, 2.45) is 0 Å². The fourth-order valence-electron chi connectivity index (χ4n) is 2.56. The van der Waals surface area contributed by atoms with E-state index in [-0.39, 0.29) is 18.4 Å². The van der Waals surface area contributed by atoms with Crippen LogP contribution in [0.1, 0.15) is 44.9 Å². The molecule has 144 valence electrons. The minimum absolute atomic E-state index is 0.128. The first kappa shape index (κ1) is 20.8. The van der Waals surface area contributed by atoms with Crippen LogP contribution in [-0.2, 0) is 16.0 Å². The number of hydrogen-bond acceptors (Lipinski definition) is 3. The second-order valence-electron chi connectivity index (χ2n) is 7.31. The third kappa shape index (κ3) is 6.94. The highest BCUT2D eigenvalue weighted by Gasteiger charge is 2.17. The molecule has 2 rings (SSSR count). The number of carbonyl (C=O) groups is 2. The SMILES string of the molecule is CC(NC(=O)Cc1cccc(NC(=O)OC(C)(C)C)c1)c1ccccc1Cl. The van der Waals surface area contributed by atoms with Crippen molar-refractivity contribution >= 4 is 29.3 Å². The number of nitrogens with one attached hydrogen (secondary N) is 2. The number of amides is 2. The average molecular weight is 389 g/mol. The molecule has 1 atom stereocenters. The molecule has 6 heteroatoms. The van der Waals surface area contributed by atoms with Crippen LogP contribution in [0.15, 0.2) is 48.5 Å². The van der Waals surface area contributed by atoms with Crippen LogP contribution >= 0.6 is 11.6 Å². The normalized spacial score (nSPS) is 12.2. The van der Waals surface area contributed by atoms with E-state index in [9.17, 15) is 9.59 Å². The summed E-state index contributed by atoms with van der Waals surface area (Å²) in [6.45, 7) is 7.29. The lowest BCUT2D eigenvalue weighted by atomic mass is 10.1. The van der Waals surface area contributed by atoms with Crippen molar-refractivity contribution in [3.8, 4) is 0 Å². The van der Waals surface area contributed by atoms with Crippen molar-refractivity contribution in [1.82, 2.24) is 5.32 Å². The van der Waals surface area contributed by atoms with Crippen LogP contribution in [0, 0.1) is 0 Å². The first-order valence-electron chi connectivity index (χ1n) is 8.77. The Balaban J connectivity index is 1.96. The van der Waals surface area contributed by atoms with Crippen LogP contribution in [0.25, 0.3) is 0 Å². The topological polar surface area (TPSA) is 67.4 Å². The Morgan fingerprint density at radius 3 is 2.48 bits per heavy atom. The Hall–Kier alpha value is -2.53. The van der Waals surface area contributed by atoms with E-state index in [4.69, 9.17) is 16.3 Å². The summed E-state index contributed by atoms with van der Waals surface area (Å²) in [5.74, 6) is -0.128. The van der Waals surface area contributed by atoms with Gasteiger partial charge in [-0.15, -0.1) is 0 Å². The molecule has 0 saturated heterocycles. The van der Waals surface area contributed by atoms with E-state index in [1.54, 1.807) is 45.0 Å². The molecule has 2 aromatic carbocycles. The highest BCUT2D eigenvalue weighted by molar-refractivity contribution is 6.31. The maximum Gasteiger partial charge on any atom is 0.412 e. The van der Waals surface area contributed by atoms with Crippen molar-refractivity contribution in [2.75, 3.05) is 5.32 Å². The highest BCUT2D eigenvalue weighted by Crippen LogP contribution is 2.22. The van der Waals surface area contributed by atoms with Gasteiger partial charge in [-0.1, -0.05) is 41.9 Å². The predicted molar refractivity (Wildman–Crippen MR) is 108 cm³/mol. The lowest BCUT2D eigenvalue weighted by molar-refractivity contribution is -0.121. The maximum atomic E-state index is 12.4. The fraction of sp³-hybridized carbons (Fsp3) is 0.333. The maximum absolute atomic E-state index is 12.4. The van der Waals surface area contributed by atoms with Crippen LogP contribution in [0.4, 0.5) is 10.5 Å². The minimum atomic E-state index is -0.573. The summed E-state index contributed by atoms with van der Waals surface area (Å²) in [7, 11) is 0. The molecule has 1 unspecified atom stereocenters. The molecule has 5 nitrogen and oxygen atoms in total. The van der Waals surface area contributed by atoms with Gasteiger partial charge < -0.3 is 10.1 Å². The van der Waals surface area contributed by atoms with Crippen LogP contribution in [0.5, 0.6) is 0 Å². The van der Waals surface area contributed by atoms with Gasteiger partial charge in [-0.05, 0) is 57.0 Å². The zero-order valence-corrected chi connectivity index (χ0v) is 16.8. The number of anilines is 1. The van der Waals surface area contributed by atoms with Gasteiger partial charge in [0.15, 0.2) is 0 Å². The predicted octanol–water partition coefficient (Wildman–Crippen LogP) is 5.11. The third-order valence-corrected chi connectivity index (χ3v) is 4.03. The number of halogens is 1. The Morgan fingerprint density at radius 2 is 1.81 bits per heavy atom. The summed E-state index contributed by atoms with van der Waals surface area (Å²) in [5.41, 5.74) is 1.66. The fourth-order valence-corrected chi connectivity index (χ4v) is 2.86. The smallest absolute Gasteiger partial charge is 0.412 e. The molecule has 0 aromatic heterocycles. The molecule has 27 heavy (non-hydrogen) atoms. The monoisotopic (exact) mass is 388 g/mol. The molecule has 0 aliphatic heterocycles.